The molecule has 0 aliphatic carbocycles. The van der Waals surface area contributed by atoms with Crippen LogP contribution < -0.4 is 0 Å². The van der Waals surface area contributed by atoms with Crippen LogP contribution in [0.25, 0.3) is 11.5 Å². The van der Waals surface area contributed by atoms with Crippen LogP contribution in [0.4, 0.5) is 0 Å². The molecule has 1 aromatic carbocycles. The Labute approximate surface area is 139 Å². The molecule has 2 aromatic rings. The number of carboxylic acids is 1. The first-order valence-electron chi connectivity index (χ1n) is 6.80. The van der Waals surface area contributed by atoms with Gasteiger partial charge in [0.1, 0.15) is 12.3 Å². The largest absolute Gasteiger partial charge is 0.480 e. The zero-order valence-corrected chi connectivity index (χ0v) is 13.3. The topological polar surface area (TPSA) is 66.6 Å². The lowest BCUT2D eigenvalue weighted by Gasteiger charge is -2.19. The number of oxazole rings is 1. The predicted octanol–water partition coefficient (Wildman–Crippen LogP) is 3.47. The molecule has 0 radical (unpaired) electrons. The number of likely N-dealkylation sites (tertiary alicyclic amines) is 1. The van der Waals surface area contributed by atoms with Gasteiger partial charge >= 0.3 is 5.97 Å². The molecule has 1 unspecified atom stereocenters. The second-order valence-corrected chi connectivity index (χ2v) is 5.56. The summed E-state index contributed by atoms with van der Waals surface area (Å²) in [5, 5.41) is 9.80. The first-order chi connectivity index (χ1) is 10.1. The number of aliphatic carboxylic acids is 1. The van der Waals surface area contributed by atoms with E-state index in [9.17, 15) is 9.90 Å². The van der Waals surface area contributed by atoms with Gasteiger partial charge in [-0.25, -0.2) is 4.98 Å². The summed E-state index contributed by atoms with van der Waals surface area (Å²) in [6.07, 6.45) is 3.16. The van der Waals surface area contributed by atoms with Crippen molar-refractivity contribution in [2.75, 3.05) is 6.54 Å². The molecule has 1 N–H and O–H groups in total. The molecule has 22 heavy (non-hydrogen) atoms. The van der Waals surface area contributed by atoms with E-state index in [0.717, 1.165) is 24.2 Å². The van der Waals surface area contributed by atoms with Crippen molar-refractivity contribution in [3.05, 3.63) is 41.2 Å². The summed E-state index contributed by atoms with van der Waals surface area (Å²) in [6.45, 7) is 1.26. The Hall–Kier alpha value is -1.56. The van der Waals surface area contributed by atoms with Gasteiger partial charge in [-0.15, -0.1) is 12.4 Å². The van der Waals surface area contributed by atoms with E-state index in [-0.39, 0.29) is 12.4 Å². The summed E-state index contributed by atoms with van der Waals surface area (Å²) in [5.41, 5.74) is 1.54. The lowest BCUT2D eigenvalue weighted by Crippen LogP contribution is -2.35. The number of hydrogen-bond acceptors (Lipinski definition) is 4. The van der Waals surface area contributed by atoms with Crippen molar-refractivity contribution in [2.24, 2.45) is 0 Å². The van der Waals surface area contributed by atoms with Crippen LogP contribution in [0.15, 0.2) is 34.9 Å². The van der Waals surface area contributed by atoms with Crippen molar-refractivity contribution in [2.45, 2.75) is 25.4 Å². The highest BCUT2D eigenvalue weighted by Gasteiger charge is 2.30. The average molecular weight is 343 g/mol. The van der Waals surface area contributed by atoms with Crippen molar-refractivity contribution < 1.29 is 14.3 Å². The number of halogens is 2. The Morgan fingerprint density at radius 3 is 3.05 bits per heavy atom. The summed E-state index contributed by atoms with van der Waals surface area (Å²) in [4.78, 5) is 17.5. The second kappa shape index (κ2) is 7.13. The molecule has 1 aromatic heterocycles. The Kier molecular flexibility index (Phi) is 5.45. The molecule has 0 amide bonds. The molecule has 0 bridgehead atoms. The number of rotatable bonds is 4. The number of aromatic nitrogens is 1. The summed E-state index contributed by atoms with van der Waals surface area (Å²) in [5.74, 6) is -0.273. The van der Waals surface area contributed by atoms with Crippen LogP contribution in [0.5, 0.6) is 0 Å². The van der Waals surface area contributed by atoms with E-state index in [2.05, 4.69) is 4.98 Å². The van der Waals surface area contributed by atoms with Gasteiger partial charge < -0.3 is 9.52 Å². The Morgan fingerprint density at radius 2 is 2.32 bits per heavy atom. The van der Waals surface area contributed by atoms with Gasteiger partial charge in [0.2, 0.25) is 5.89 Å². The van der Waals surface area contributed by atoms with Crippen molar-refractivity contribution in [1.82, 2.24) is 9.88 Å². The van der Waals surface area contributed by atoms with Gasteiger partial charge in [-0.2, -0.15) is 0 Å². The molecule has 118 valence electrons. The summed E-state index contributed by atoms with van der Waals surface area (Å²) in [7, 11) is 0. The van der Waals surface area contributed by atoms with Crippen molar-refractivity contribution in [1.29, 1.82) is 0 Å². The van der Waals surface area contributed by atoms with Gasteiger partial charge in [0, 0.05) is 17.1 Å². The van der Waals surface area contributed by atoms with Gasteiger partial charge in [0.15, 0.2) is 0 Å². The molecule has 1 aliphatic heterocycles. The maximum Gasteiger partial charge on any atom is 0.320 e. The molecule has 1 atom stereocenters. The van der Waals surface area contributed by atoms with Crippen LogP contribution in [0.2, 0.25) is 5.02 Å². The third kappa shape index (κ3) is 3.61. The normalized spacial score (nSPS) is 18.1. The number of benzene rings is 1. The van der Waals surface area contributed by atoms with Crippen LogP contribution >= 0.6 is 24.0 Å². The van der Waals surface area contributed by atoms with Crippen LogP contribution in [0.3, 0.4) is 0 Å². The molecular weight excluding hydrogens is 327 g/mol. The molecule has 3 rings (SSSR count). The minimum absolute atomic E-state index is 0. The molecule has 1 aliphatic rings. The lowest BCUT2D eigenvalue weighted by molar-refractivity contribution is -0.142. The zero-order valence-electron chi connectivity index (χ0n) is 11.7. The van der Waals surface area contributed by atoms with E-state index in [1.54, 1.807) is 18.4 Å². The lowest BCUT2D eigenvalue weighted by atomic mass is 10.2. The number of carboxylic acid groups (broad SMARTS) is 1. The average Bonchev–Trinajstić information content (AvgIpc) is 3.08. The highest BCUT2D eigenvalue weighted by Crippen LogP contribution is 2.24. The standard InChI is InChI=1S/C15H15ClN2O3.ClH/c16-11-4-1-3-10(7-11)14-17-12(9-21-14)8-18-6-2-5-13(18)15(19)20;/h1,3-4,7,9,13H,2,5-6,8H2,(H,19,20);1H. The molecule has 2 heterocycles. The molecular formula is C15H16Cl2N2O3. The van der Waals surface area contributed by atoms with Gasteiger partial charge in [0.05, 0.1) is 5.69 Å². The minimum Gasteiger partial charge on any atom is -0.480 e. The maximum atomic E-state index is 11.2. The molecule has 0 spiro atoms. The van der Waals surface area contributed by atoms with Gasteiger partial charge in [-0.3, -0.25) is 9.69 Å². The Balaban J connectivity index is 0.00000176. The Morgan fingerprint density at radius 1 is 1.50 bits per heavy atom. The third-order valence-corrected chi connectivity index (χ3v) is 3.87. The molecule has 0 saturated carbocycles. The number of nitrogens with zero attached hydrogens (tertiary/aromatic N) is 2. The highest BCUT2D eigenvalue weighted by atomic mass is 35.5. The molecule has 1 saturated heterocycles. The zero-order chi connectivity index (χ0) is 14.8. The fraction of sp³-hybridized carbons (Fsp3) is 0.333. The maximum absolute atomic E-state index is 11.2. The van der Waals surface area contributed by atoms with Crippen molar-refractivity contribution in [3.63, 3.8) is 0 Å². The number of hydrogen-bond donors (Lipinski definition) is 1. The molecule has 7 heteroatoms. The molecule has 1 fully saturated rings. The minimum atomic E-state index is -0.772. The van der Waals surface area contributed by atoms with E-state index in [1.165, 1.54) is 0 Å². The van der Waals surface area contributed by atoms with Crippen LogP contribution in [0, 0.1) is 0 Å². The van der Waals surface area contributed by atoms with E-state index in [1.807, 2.05) is 17.0 Å². The van der Waals surface area contributed by atoms with E-state index in [4.69, 9.17) is 16.0 Å². The number of carbonyl (C=O) groups is 1. The smallest absolute Gasteiger partial charge is 0.320 e. The predicted molar refractivity (Wildman–Crippen MR) is 85.3 cm³/mol. The first kappa shape index (κ1) is 16.8. The molecule has 5 nitrogen and oxygen atoms in total. The van der Waals surface area contributed by atoms with Gasteiger partial charge in [0.25, 0.3) is 0 Å². The third-order valence-electron chi connectivity index (χ3n) is 3.64. The van der Waals surface area contributed by atoms with E-state index in [0.29, 0.717) is 23.9 Å². The van der Waals surface area contributed by atoms with Crippen LogP contribution in [-0.4, -0.2) is 33.5 Å². The van der Waals surface area contributed by atoms with Crippen molar-refractivity contribution in [3.8, 4) is 11.5 Å². The monoisotopic (exact) mass is 342 g/mol. The van der Waals surface area contributed by atoms with Gasteiger partial charge in [-0.05, 0) is 37.6 Å². The highest BCUT2D eigenvalue weighted by molar-refractivity contribution is 6.30. The quantitative estimate of drug-likeness (QED) is 0.921. The second-order valence-electron chi connectivity index (χ2n) is 5.12. The first-order valence-corrected chi connectivity index (χ1v) is 7.18. The summed E-state index contributed by atoms with van der Waals surface area (Å²) in [6, 6.07) is 6.86. The summed E-state index contributed by atoms with van der Waals surface area (Å²) >= 11 is 5.95. The van der Waals surface area contributed by atoms with E-state index >= 15 is 0 Å². The fourth-order valence-electron chi connectivity index (χ4n) is 2.64. The van der Waals surface area contributed by atoms with Gasteiger partial charge in [-0.1, -0.05) is 17.7 Å². The summed E-state index contributed by atoms with van der Waals surface area (Å²) < 4.78 is 5.47. The fourth-order valence-corrected chi connectivity index (χ4v) is 2.83. The van der Waals surface area contributed by atoms with Crippen molar-refractivity contribution >= 4 is 30.0 Å². The SMILES string of the molecule is Cl.O=C(O)C1CCCN1Cc1coc(-c2cccc(Cl)c2)n1. The van der Waals surface area contributed by atoms with Crippen LogP contribution in [-0.2, 0) is 11.3 Å². The van der Waals surface area contributed by atoms with Crippen LogP contribution in [0.1, 0.15) is 18.5 Å². The van der Waals surface area contributed by atoms with E-state index < -0.39 is 12.0 Å². The Bertz CT molecular complexity index is 660.